The molecule has 0 saturated carbocycles. The maximum atomic E-state index is 15.0. The molecule has 32 heavy (non-hydrogen) atoms. The highest BCUT2D eigenvalue weighted by atomic mass is 19.4. The zero-order chi connectivity index (χ0) is 23.0. The predicted molar refractivity (Wildman–Crippen MR) is 102 cm³/mol. The maximum absolute atomic E-state index is 15.0. The van der Waals surface area contributed by atoms with Gasteiger partial charge in [-0.15, -0.1) is 0 Å². The molecule has 0 saturated heterocycles. The van der Waals surface area contributed by atoms with Crippen molar-refractivity contribution in [3.05, 3.63) is 70.4 Å². The molecule has 0 spiro atoms. The Hall–Kier alpha value is -3.63. The average molecular weight is 453 g/mol. The number of aromatic amines is 1. The van der Waals surface area contributed by atoms with Crippen LogP contribution in [0.1, 0.15) is 34.6 Å². The molecule has 1 unspecified atom stereocenters. The highest BCUT2D eigenvalue weighted by molar-refractivity contribution is 5.94. The number of anilines is 1. The second kappa shape index (κ2) is 8.13. The minimum absolute atomic E-state index is 0.0367. The average Bonchev–Trinajstić information content (AvgIpc) is 3.19. The lowest BCUT2D eigenvalue weighted by atomic mass is 9.87. The molecule has 0 bridgehead atoms. The van der Waals surface area contributed by atoms with E-state index in [1.54, 1.807) is 0 Å². The van der Waals surface area contributed by atoms with Crippen LogP contribution in [0.3, 0.4) is 0 Å². The van der Waals surface area contributed by atoms with E-state index in [1.165, 1.54) is 19.4 Å². The first kappa shape index (κ1) is 21.6. The van der Waals surface area contributed by atoms with Crippen LogP contribution in [0.4, 0.5) is 27.8 Å². The summed E-state index contributed by atoms with van der Waals surface area (Å²) >= 11 is 0. The third-order valence-corrected chi connectivity index (χ3v) is 5.12. The number of hydrogen-bond donors (Lipinski definition) is 2. The second-order valence-electron chi connectivity index (χ2n) is 7.09. The highest BCUT2D eigenvalue weighted by Gasteiger charge is 2.37. The minimum Gasteiger partial charge on any atom is -0.493 e. The molecule has 168 valence electrons. The summed E-state index contributed by atoms with van der Waals surface area (Å²) in [7, 11) is 1.28. The Balaban J connectivity index is 1.65. The molecule has 4 rings (SSSR count). The Bertz CT molecular complexity index is 1180. The summed E-state index contributed by atoms with van der Waals surface area (Å²) in [6.45, 7) is -0.667. The van der Waals surface area contributed by atoms with E-state index in [9.17, 15) is 26.7 Å². The Morgan fingerprint density at radius 2 is 1.91 bits per heavy atom. The molecule has 3 aromatic rings. The van der Waals surface area contributed by atoms with Crippen LogP contribution in [0.2, 0.25) is 0 Å². The van der Waals surface area contributed by atoms with Gasteiger partial charge in [-0.05, 0) is 17.7 Å². The Morgan fingerprint density at radius 1 is 1.12 bits per heavy atom. The fourth-order valence-corrected chi connectivity index (χ4v) is 3.68. The molecule has 0 aliphatic carbocycles. The lowest BCUT2D eigenvalue weighted by Gasteiger charge is -2.24. The number of hydrogen-bond acceptors (Lipinski definition) is 4. The molecule has 1 aromatic heterocycles. The largest absolute Gasteiger partial charge is 0.493 e. The van der Waals surface area contributed by atoms with E-state index in [0.29, 0.717) is 17.4 Å². The van der Waals surface area contributed by atoms with Crippen LogP contribution in [0.5, 0.6) is 11.5 Å². The van der Waals surface area contributed by atoms with Gasteiger partial charge in [0.15, 0.2) is 11.5 Å². The summed E-state index contributed by atoms with van der Waals surface area (Å²) in [5.74, 6) is -2.94. The van der Waals surface area contributed by atoms with Crippen molar-refractivity contribution in [1.82, 2.24) is 10.2 Å². The highest BCUT2D eigenvalue weighted by Crippen LogP contribution is 2.41. The van der Waals surface area contributed by atoms with Gasteiger partial charge in [0.05, 0.1) is 18.9 Å². The Labute approximate surface area is 178 Å². The molecule has 1 aliphatic heterocycles. The van der Waals surface area contributed by atoms with Gasteiger partial charge < -0.3 is 14.8 Å². The van der Waals surface area contributed by atoms with E-state index in [0.717, 1.165) is 18.2 Å². The third kappa shape index (κ3) is 3.97. The summed E-state index contributed by atoms with van der Waals surface area (Å²) in [5, 5.41) is 9.09. The lowest BCUT2D eigenvalue weighted by molar-refractivity contribution is -0.141. The van der Waals surface area contributed by atoms with E-state index in [2.05, 4.69) is 15.5 Å². The van der Waals surface area contributed by atoms with Gasteiger partial charge in [0.2, 0.25) is 5.91 Å². The van der Waals surface area contributed by atoms with Crippen molar-refractivity contribution in [1.29, 1.82) is 0 Å². The van der Waals surface area contributed by atoms with Crippen LogP contribution in [0.15, 0.2) is 36.5 Å². The first-order valence-electron chi connectivity index (χ1n) is 9.37. The normalized spacial score (nSPS) is 15.8. The van der Waals surface area contributed by atoms with Crippen molar-refractivity contribution in [2.75, 3.05) is 12.4 Å². The van der Waals surface area contributed by atoms with Crippen molar-refractivity contribution in [3.63, 3.8) is 0 Å². The van der Waals surface area contributed by atoms with Crippen molar-refractivity contribution in [3.8, 4) is 11.5 Å². The van der Waals surface area contributed by atoms with Crippen LogP contribution < -0.4 is 14.8 Å². The van der Waals surface area contributed by atoms with Gasteiger partial charge >= 0.3 is 6.18 Å². The second-order valence-corrected chi connectivity index (χ2v) is 7.09. The number of carbonyl (C=O) groups is 1. The first-order valence-corrected chi connectivity index (χ1v) is 9.37. The van der Waals surface area contributed by atoms with Crippen molar-refractivity contribution in [2.24, 2.45) is 0 Å². The molecular formula is C21H16F5N3O3. The number of benzene rings is 2. The van der Waals surface area contributed by atoms with Crippen molar-refractivity contribution < 1.29 is 36.2 Å². The monoisotopic (exact) mass is 453 g/mol. The summed E-state index contributed by atoms with van der Waals surface area (Å²) in [4.78, 5) is 12.0. The van der Waals surface area contributed by atoms with Gasteiger partial charge in [0.1, 0.15) is 24.1 Å². The Kier molecular flexibility index (Phi) is 5.49. The molecule has 1 atom stereocenters. The molecule has 6 nitrogen and oxygen atoms in total. The standard InChI is InChI=1S/C21H16F5N3O3/c1-31-16-5-12(11-6-18(30)28-20-13(11)8-27-29-20)15(23)7-17(16)32-9-10-3-2-4-14(22)19(10)21(24,25)26/h2-5,7-8,11H,6,9H2,1H3,(H2,27,28,29,30). The number of H-pyrrole nitrogens is 1. The quantitative estimate of drug-likeness (QED) is 0.546. The number of halogens is 5. The van der Waals surface area contributed by atoms with Crippen molar-refractivity contribution in [2.45, 2.75) is 25.1 Å². The van der Waals surface area contributed by atoms with E-state index in [-0.39, 0.29) is 29.4 Å². The third-order valence-electron chi connectivity index (χ3n) is 5.12. The number of aromatic nitrogens is 2. The van der Waals surface area contributed by atoms with Crippen LogP contribution in [0, 0.1) is 11.6 Å². The molecule has 1 aliphatic rings. The van der Waals surface area contributed by atoms with Crippen LogP contribution >= 0.6 is 0 Å². The van der Waals surface area contributed by atoms with E-state index in [1.807, 2.05) is 0 Å². The topological polar surface area (TPSA) is 76.2 Å². The molecule has 2 aromatic carbocycles. The Morgan fingerprint density at radius 3 is 2.62 bits per heavy atom. The molecule has 11 heteroatoms. The number of rotatable bonds is 5. The smallest absolute Gasteiger partial charge is 0.419 e. The number of carbonyl (C=O) groups excluding carboxylic acids is 1. The van der Waals surface area contributed by atoms with Gasteiger partial charge in [-0.3, -0.25) is 9.89 Å². The summed E-state index contributed by atoms with van der Waals surface area (Å²) < 4.78 is 79.0. The van der Waals surface area contributed by atoms with Crippen molar-refractivity contribution >= 4 is 11.7 Å². The number of methoxy groups -OCH3 is 1. The van der Waals surface area contributed by atoms with E-state index < -0.39 is 41.5 Å². The number of amides is 1. The fourth-order valence-electron chi connectivity index (χ4n) is 3.68. The summed E-state index contributed by atoms with van der Waals surface area (Å²) in [6.07, 6.45) is -3.49. The van der Waals surface area contributed by atoms with Gasteiger partial charge in [-0.25, -0.2) is 8.78 Å². The van der Waals surface area contributed by atoms with Crippen LogP contribution in [0.25, 0.3) is 0 Å². The van der Waals surface area contributed by atoms with Crippen LogP contribution in [-0.4, -0.2) is 23.2 Å². The number of ether oxygens (including phenoxy) is 2. The van der Waals surface area contributed by atoms with Gasteiger partial charge in [-0.1, -0.05) is 12.1 Å². The zero-order valence-electron chi connectivity index (χ0n) is 16.5. The maximum Gasteiger partial charge on any atom is 0.419 e. The number of nitrogens with one attached hydrogen (secondary N) is 2. The fraction of sp³-hybridized carbons (Fsp3) is 0.238. The molecule has 0 radical (unpaired) electrons. The minimum atomic E-state index is -4.92. The molecule has 2 heterocycles. The van der Waals surface area contributed by atoms with Gasteiger partial charge in [-0.2, -0.15) is 18.3 Å². The molecule has 2 N–H and O–H groups in total. The molecule has 0 fully saturated rings. The van der Waals surface area contributed by atoms with E-state index in [4.69, 9.17) is 9.47 Å². The summed E-state index contributed by atoms with van der Waals surface area (Å²) in [6, 6.07) is 5.19. The lowest BCUT2D eigenvalue weighted by Crippen LogP contribution is -2.23. The summed E-state index contributed by atoms with van der Waals surface area (Å²) in [5.41, 5.74) is -1.19. The van der Waals surface area contributed by atoms with Crippen LogP contribution in [-0.2, 0) is 17.6 Å². The van der Waals surface area contributed by atoms with Gasteiger partial charge in [0, 0.05) is 29.5 Å². The SMILES string of the molecule is COc1cc(C2CC(=O)Nc3[nH]ncc32)c(F)cc1OCc1cccc(F)c1C(F)(F)F. The first-order chi connectivity index (χ1) is 15.2. The molecular weight excluding hydrogens is 437 g/mol. The predicted octanol–water partition coefficient (Wildman–Crippen LogP) is 4.77. The number of alkyl halides is 3. The number of fused-ring (bicyclic) bond motifs is 1. The number of nitrogens with zero attached hydrogens (tertiary/aromatic N) is 1. The van der Waals surface area contributed by atoms with E-state index >= 15 is 0 Å². The molecule has 1 amide bonds. The zero-order valence-corrected chi connectivity index (χ0v) is 16.5. The van der Waals surface area contributed by atoms with Gasteiger partial charge in [0.25, 0.3) is 0 Å².